The molecule has 0 saturated carbocycles. The summed E-state index contributed by atoms with van der Waals surface area (Å²) in [6, 6.07) is 68.3. The van der Waals surface area contributed by atoms with E-state index in [1.165, 1.54) is 65.3 Å². The maximum Gasteiger partial charge on any atom is 0.0546 e. The molecule has 1 nitrogen and oxygen atoms in total. The fourth-order valence-electron chi connectivity index (χ4n) is 7.19. The number of fused-ring (bicyclic) bond motifs is 6. The van der Waals surface area contributed by atoms with Crippen LogP contribution in [-0.2, 0) is 0 Å². The van der Waals surface area contributed by atoms with Gasteiger partial charge in [0.2, 0.25) is 0 Å². The minimum Gasteiger partial charge on any atom is -0.310 e. The molecule has 0 N–H and O–H groups in total. The van der Waals surface area contributed by atoms with Crippen LogP contribution in [0.4, 0.5) is 17.1 Å². The molecule has 0 unspecified atom stereocenters. The first-order valence-corrected chi connectivity index (χ1v) is 16.2. The molecule has 47 heavy (non-hydrogen) atoms. The van der Waals surface area contributed by atoms with E-state index >= 15 is 0 Å². The van der Waals surface area contributed by atoms with Crippen molar-refractivity contribution in [3.8, 4) is 22.3 Å². The first-order chi connectivity index (χ1) is 23.3. The SMILES string of the molecule is c1ccc(-c2ccc(N(c3cccc(-c4cccc5ccccc45)c3)c3cccc4ccc5c6ccccc6ccc5c34)cc2)cc1. The highest BCUT2D eigenvalue weighted by atomic mass is 15.1. The lowest BCUT2D eigenvalue weighted by molar-refractivity contribution is 1.30. The second-order valence-corrected chi connectivity index (χ2v) is 12.1. The van der Waals surface area contributed by atoms with Crippen molar-refractivity contribution in [3.05, 3.63) is 188 Å². The van der Waals surface area contributed by atoms with E-state index in [0.29, 0.717) is 0 Å². The maximum atomic E-state index is 2.43. The number of hydrogen-bond donors (Lipinski definition) is 0. The Morgan fingerprint density at radius 3 is 1.74 bits per heavy atom. The zero-order valence-electron chi connectivity index (χ0n) is 25.8. The lowest BCUT2D eigenvalue weighted by Crippen LogP contribution is -2.10. The molecule has 0 spiro atoms. The zero-order chi connectivity index (χ0) is 31.2. The summed E-state index contributed by atoms with van der Waals surface area (Å²) in [6.07, 6.45) is 0. The van der Waals surface area contributed by atoms with Gasteiger partial charge in [-0.25, -0.2) is 0 Å². The average Bonchev–Trinajstić information content (AvgIpc) is 3.15. The Balaban J connectivity index is 1.29. The Labute approximate surface area is 274 Å². The van der Waals surface area contributed by atoms with Crippen LogP contribution >= 0.6 is 0 Å². The Morgan fingerprint density at radius 1 is 0.298 bits per heavy atom. The van der Waals surface area contributed by atoms with E-state index in [9.17, 15) is 0 Å². The summed E-state index contributed by atoms with van der Waals surface area (Å²) < 4.78 is 0. The number of rotatable bonds is 5. The van der Waals surface area contributed by atoms with Crippen LogP contribution < -0.4 is 4.90 Å². The van der Waals surface area contributed by atoms with Crippen molar-refractivity contribution in [1.29, 1.82) is 0 Å². The summed E-state index contributed by atoms with van der Waals surface area (Å²) in [5.74, 6) is 0. The van der Waals surface area contributed by atoms with E-state index in [4.69, 9.17) is 0 Å². The predicted octanol–water partition coefficient (Wildman–Crippen LogP) is 13.1. The third kappa shape index (κ3) is 4.72. The smallest absolute Gasteiger partial charge is 0.0546 e. The largest absolute Gasteiger partial charge is 0.310 e. The van der Waals surface area contributed by atoms with Crippen molar-refractivity contribution in [2.75, 3.05) is 4.90 Å². The van der Waals surface area contributed by atoms with Gasteiger partial charge >= 0.3 is 0 Å². The summed E-state index contributed by atoms with van der Waals surface area (Å²) >= 11 is 0. The summed E-state index contributed by atoms with van der Waals surface area (Å²) in [6.45, 7) is 0. The standard InChI is InChI=1S/C46H31N/c1-2-11-32(12-3-1)33-23-27-38(28-24-33)47(39-18-8-17-37(31-39)42-21-9-15-34-13-4-6-19-40(34)42)45-22-10-16-36-26-29-43-41-20-7-5-14-35(41)25-30-44(43)46(36)45/h1-31H. The molecule has 0 saturated heterocycles. The average molecular weight is 598 g/mol. The molecule has 0 aromatic heterocycles. The monoisotopic (exact) mass is 597 g/mol. The van der Waals surface area contributed by atoms with Crippen LogP contribution in [0.1, 0.15) is 0 Å². The minimum atomic E-state index is 1.12. The topological polar surface area (TPSA) is 3.24 Å². The fourth-order valence-corrected chi connectivity index (χ4v) is 7.19. The van der Waals surface area contributed by atoms with Gasteiger partial charge in [-0.1, -0.05) is 158 Å². The first-order valence-electron chi connectivity index (χ1n) is 16.2. The summed E-state index contributed by atoms with van der Waals surface area (Å²) in [7, 11) is 0. The highest BCUT2D eigenvalue weighted by Crippen LogP contribution is 2.44. The van der Waals surface area contributed by atoms with Crippen LogP contribution in [0.3, 0.4) is 0 Å². The van der Waals surface area contributed by atoms with Gasteiger partial charge in [0, 0.05) is 16.8 Å². The molecule has 9 aromatic carbocycles. The number of nitrogens with zero attached hydrogens (tertiary/aromatic N) is 1. The number of anilines is 3. The van der Waals surface area contributed by atoms with Gasteiger partial charge in [0.05, 0.1) is 5.69 Å². The normalized spacial score (nSPS) is 11.4. The van der Waals surface area contributed by atoms with Crippen LogP contribution in [0.15, 0.2) is 188 Å². The molecule has 0 bridgehead atoms. The van der Waals surface area contributed by atoms with Crippen LogP contribution in [0.2, 0.25) is 0 Å². The first kappa shape index (κ1) is 27.2. The number of hydrogen-bond acceptors (Lipinski definition) is 1. The van der Waals surface area contributed by atoms with Gasteiger partial charge in [-0.05, 0) is 90.3 Å². The molecular weight excluding hydrogens is 567 g/mol. The van der Waals surface area contributed by atoms with Gasteiger partial charge in [0.15, 0.2) is 0 Å². The lowest BCUT2D eigenvalue weighted by atomic mass is 9.95. The van der Waals surface area contributed by atoms with Crippen molar-refractivity contribution in [1.82, 2.24) is 0 Å². The lowest BCUT2D eigenvalue weighted by Gasteiger charge is -2.28. The Morgan fingerprint density at radius 2 is 0.894 bits per heavy atom. The Kier molecular flexibility index (Phi) is 6.54. The Bertz CT molecular complexity index is 2560. The molecule has 9 aromatic rings. The fraction of sp³-hybridized carbons (Fsp3) is 0. The van der Waals surface area contributed by atoms with Crippen LogP contribution in [0.5, 0.6) is 0 Å². The summed E-state index contributed by atoms with van der Waals surface area (Å²) in [5.41, 5.74) is 8.24. The van der Waals surface area contributed by atoms with Crippen molar-refractivity contribution in [2.45, 2.75) is 0 Å². The molecular formula is C46H31N. The van der Waals surface area contributed by atoms with E-state index in [1.54, 1.807) is 0 Å². The van der Waals surface area contributed by atoms with Gasteiger partial charge < -0.3 is 4.90 Å². The maximum absolute atomic E-state index is 2.43. The van der Waals surface area contributed by atoms with Gasteiger partial charge in [-0.3, -0.25) is 0 Å². The number of benzene rings is 9. The molecule has 0 heterocycles. The van der Waals surface area contributed by atoms with Crippen molar-refractivity contribution in [3.63, 3.8) is 0 Å². The van der Waals surface area contributed by atoms with Gasteiger partial charge in [0.25, 0.3) is 0 Å². The summed E-state index contributed by atoms with van der Waals surface area (Å²) in [5, 5.41) is 10.0. The van der Waals surface area contributed by atoms with Crippen molar-refractivity contribution in [2.24, 2.45) is 0 Å². The molecule has 1 heteroatoms. The zero-order valence-corrected chi connectivity index (χ0v) is 25.8. The highest BCUT2D eigenvalue weighted by molar-refractivity contribution is 6.21. The van der Waals surface area contributed by atoms with E-state index in [0.717, 1.165) is 17.1 Å². The molecule has 9 rings (SSSR count). The highest BCUT2D eigenvalue weighted by Gasteiger charge is 2.19. The van der Waals surface area contributed by atoms with E-state index in [1.807, 2.05) is 0 Å². The van der Waals surface area contributed by atoms with Crippen molar-refractivity contribution < 1.29 is 0 Å². The molecule has 0 aliphatic carbocycles. The molecule has 0 fully saturated rings. The molecule has 220 valence electrons. The third-order valence-electron chi connectivity index (χ3n) is 9.42. The van der Waals surface area contributed by atoms with Gasteiger partial charge in [-0.15, -0.1) is 0 Å². The van der Waals surface area contributed by atoms with Crippen LogP contribution in [0.25, 0.3) is 65.3 Å². The van der Waals surface area contributed by atoms with E-state index < -0.39 is 0 Å². The third-order valence-corrected chi connectivity index (χ3v) is 9.42. The second kappa shape index (κ2) is 11.3. The van der Waals surface area contributed by atoms with Crippen LogP contribution in [0, 0.1) is 0 Å². The molecule has 0 aliphatic heterocycles. The van der Waals surface area contributed by atoms with E-state index in [-0.39, 0.29) is 0 Å². The Hall–Kier alpha value is -6.18. The molecule has 0 radical (unpaired) electrons. The molecule has 0 amide bonds. The second-order valence-electron chi connectivity index (χ2n) is 12.1. The minimum absolute atomic E-state index is 1.12. The predicted molar refractivity (Wildman–Crippen MR) is 202 cm³/mol. The molecule has 0 atom stereocenters. The molecule has 0 aliphatic rings. The van der Waals surface area contributed by atoms with Gasteiger partial charge in [0.1, 0.15) is 0 Å². The quantitative estimate of drug-likeness (QED) is 0.178. The van der Waals surface area contributed by atoms with E-state index in [2.05, 4.69) is 193 Å². The van der Waals surface area contributed by atoms with Crippen molar-refractivity contribution >= 4 is 60.2 Å². The van der Waals surface area contributed by atoms with Crippen LogP contribution in [-0.4, -0.2) is 0 Å². The van der Waals surface area contributed by atoms with Gasteiger partial charge in [-0.2, -0.15) is 0 Å². The summed E-state index contributed by atoms with van der Waals surface area (Å²) in [4.78, 5) is 2.43.